The molecule has 7 heteroatoms. The molecule has 0 saturated carbocycles. The lowest BCUT2D eigenvalue weighted by Crippen LogP contribution is -2.45. The number of hydrogen-bond acceptors (Lipinski definition) is 4. The molecule has 1 amide bonds. The highest BCUT2D eigenvalue weighted by Gasteiger charge is 2.17. The summed E-state index contributed by atoms with van der Waals surface area (Å²) in [4.78, 5) is 11.6. The Kier molecular flexibility index (Phi) is 5.88. The van der Waals surface area contributed by atoms with E-state index in [1.54, 1.807) is 24.3 Å². The van der Waals surface area contributed by atoms with Gasteiger partial charge in [0.1, 0.15) is 0 Å². The summed E-state index contributed by atoms with van der Waals surface area (Å²) in [5, 5.41) is 2.69. The fraction of sp³-hybridized carbons (Fsp3) is 0.500. The summed E-state index contributed by atoms with van der Waals surface area (Å²) in [6.07, 6.45) is 0. The van der Waals surface area contributed by atoms with Gasteiger partial charge in [-0.2, -0.15) is 0 Å². The highest BCUT2D eigenvalue weighted by atomic mass is 32.2. The van der Waals surface area contributed by atoms with Crippen LogP contribution in [0.2, 0.25) is 0 Å². The Labute approximate surface area is 126 Å². The molecule has 0 aliphatic carbocycles. The van der Waals surface area contributed by atoms with Crippen molar-refractivity contribution in [2.45, 2.75) is 38.6 Å². The summed E-state index contributed by atoms with van der Waals surface area (Å²) in [7, 11) is -3.55. The van der Waals surface area contributed by atoms with Gasteiger partial charge in [-0.05, 0) is 31.9 Å². The van der Waals surface area contributed by atoms with Crippen molar-refractivity contribution >= 4 is 15.9 Å². The Morgan fingerprint density at radius 2 is 1.67 bits per heavy atom. The zero-order valence-corrected chi connectivity index (χ0v) is 13.5. The second kappa shape index (κ2) is 7.02. The van der Waals surface area contributed by atoms with Gasteiger partial charge in [0, 0.05) is 12.1 Å². The first-order chi connectivity index (χ1) is 9.61. The van der Waals surface area contributed by atoms with E-state index in [0.717, 1.165) is 5.56 Å². The van der Waals surface area contributed by atoms with E-state index in [1.165, 1.54) is 0 Å². The summed E-state index contributed by atoms with van der Waals surface area (Å²) in [5.41, 5.74) is 6.68. The Morgan fingerprint density at radius 3 is 2.14 bits per heavy atom. The fourth-order valence-corrected chi connectivity index (χ4v) is 2.76. The summed E-state index contributed by atoms with van der Waals surface area (Å²) < 4.78 is 26.1. The molecule has 1 aromatic rings. The van der Waals surface area contributed by atoms with Gasteiger partial charge < -0.3 is 11.1 Å². The maximum atomic E-state index is 11.9. The molecule has 0 unspecified atom stereocenters. The molecular weight excluding hydrogens is 290 g/mol. The first-order valence-electron chi connectivity index (χ1n) is 6.67. The highest BCUT2D eigenvalue weighted by Crippen LogP contribution is 2.07. The van der Waals surface area contributed by atoms with Gasteiger partial charge >= 0.3 is 0 Å². The van der Waals surface area contributed by atoms with Crippen molar-refractivity contribution in [2.75, 3.05) is 6.54 Å². The molecule has 0 saturated heterocycles. The standard InChI is InChI=1S/C14H23N3O3S/c1-14(2,3)17-13(18)9-16-21(19,20)10-12-6-4-11(8-15)5-7-12/h4-7,16H,8-10,15H2,1-3H3,(H,17,18). The Balaban J connectivity index is 2.55. The number of nitrogens with two attached hydrogens (primary N) is 1. The molecule has 6 nitrogen and oxygen atoms in total. The van der Waals surface area contributed by atoms with E-state index >= 15 is 0 Å². The molecule has 0 fully saturated rings. The lowest BCUT2D eigenvalue weighted by Gasteiger charge is -2.20. The topological polar surface area (TPSA) is 101 Å². The predicted octanol–water partition coefficient (Wildman–Crippen LogP) is 0.479. The van der Waals surface area contributed by atoms with Crippen molar-refractivity contribution in [3.05, 3.63) is 35.4 Å². The van der Waals surface area contributed by atoms with Crippen molar-refractivity contribution in [1.82, 2.24) is 10.0 Å². The number of nitrogens with one attached hydrogen (secondary N) is 2. The number of sulfonamides is 1. The largest absolute Gasteiger partial charge is 0.350 e. The molecule has 0 aliphatic rings. The van der Waals surface area contributed by atoms with Crippen LogP contribution in [0.15, 0.2) is 24.3 Å². The monoisotopic (exact) mass is 313 g/mol. The van der Waals surface area contributed by atoms with Gasteiger partial charge in [-0.1, -0.05) is 24.3 Å². The third-order valence-corrected chi connectivity index (χ3v) is 3.88. The van der Waals surface area contributed by atoms with Gasteiger partial charge in [-0.15, -0.1) is 0 Å². The quantitative estimate of drug-likeness (QED) is 0.711. The normalized spacial score (nSPS) is 12.2. The minimum absolute atomic E-state index is 0.166. The Morgan fingerprint density at radius 1 is 1.14 bits per heavy atom. The van der Waals surface area contributed by atoms with Crippen molar-refractivity contribution < 1.29 is 13.2 Å². The van der Waals surface area contributed by atoms with E-state index in [1.807, 2.05) is 20.8 Å². The zero-order valence-electron chi connectivity index (χ0n) is 12.6. The number of carbonyl (C=O) groups is 1. The van der Waals surface area contributed by atoms with Crippen LogP contribution < -0.4 is 15.8 Å². The average Bonchev–Trinajstić information content (AvgIpc) is 2.35. The molecular formula is C14H23N3O3S. The summed E-state index contributed by atoms with van der Waals surface area (Å²) in [6, 6.07) is 7.02. The van der Waals surface area contributed by atoms with E-state index < -0.39 is 10.0 Å². The Hall–Kier alpha value is -1.44. The molecule has 0 atom stereocenters. The van der Waals surface area contributed by atoms with Crippen molar-refractivity contribution in [3.8, 4) is 0 Å². The third kappa shape index (κ3) is 7.22. The average molecular weight is 313 g/mol. The molecule has 21 heavy (non-hydrogen) atoms. The number of rotatable bonds is 6. The van der Waals surface area contributed by atoms with Gasteiger partial charge in [-0.25, -0.2) is 13.1 Å². The minimum atomic E-state index is -3.55. The van der Waals surface area contributed by atoms with Crippen LogP contribution in [0, 0.1) is 0 Å². The Bertz CT molecular complexity index is 574. The molecule has 1 aromatic carbocycles. The summed E-state index contributed by atoms with van der Waals surface area (Å²) >= 11 is 0. The lowest BCUT2D eigenvalue weighted by molar-refractivity contribution is -0.121. The van der Waals surface area contributed by atoms with Gasteiger partial charge in [-0.3, -0.25) is 4.79 Å². The second-order valence-corrected chi connectivity index (χ2v) is 7.71. The van der Waals surface area contributed by atoms with Crippen LogP contribution in [0.3, 0.4) is 0 Å². The highest BCUT2D eigenvalue weighted by molar-refractivity contribution is 7.88. The van der Waals surface area contributed by atoms with Crippen LogP contribution in [-0.2, 0) is 27.1 Å². The fourth-order valence-electron chi connectivity index (χ4n) is 1.68. The molecule has 0 heterocycles. The third-order valence-electron chi connectivity index (χ3n) is 2.58. The molecule has 4 N–H and O–H groups in total. The van der Waals surface area contributed by atoms with Gasteiger partial charge in [0.2, 0.25) is 15.9 Å². The summed E-state index contributed by atoms with van der Waals surface area (Å²) in [5.74, 6) is -0.523. The summed E-state index contributed by atoms with van der Waals surface area (Å²) in [6.45, 7) is 5.65. The lowest BCUT2D eigenvalue weighted by atomic mass is 10.1. The van der Waals surface area contributed by atoms with Crippen molar-refractivity contribution in [1.29, 1.82) is 0 Å². The number of hydrogen-bond donors (Lipinski definition) is 3. The first kappa shape index (κ1) is 17.6. The maximum absolute atomic E-state index is 11.9. The van der Waals surface area contributed by atoms with Crippen LogP contribution in [-0.4, -0.2) is 26.4 Å². The number of benzene rings is 1. The number of carbonyl (C=O) groups excluding carboxylic acids is 1. The molecule has 0 radical (unpaired) electrons. The van der Waals surface area contributed by atoms with E-state index in [2.05, 4.69) is 10.0 Å². The van der Waals surface area contributed by atoms with Crippen LogP contribution in [0.4, 0.5) is 0 Å². The molecule has 0 aromatic heterocycles. The smallest absolute Gasteiger partial charge is 0.235 e. The predicted molar refractivity (Wildman–Crippen MR) is 82.9 cm³/mol. The zero-order chi connectivity index (χ0) is 16.1. The van der Waals surface area contributed by atoms with Crippen LogP contribution in [0.5, 0.6) is 0 Å². The second-order valence-electron chi connectivity index (χ2n) is 5.90. The van der Waals surface area contributed by atoms with E-state index in [9.17, 15) is 13.2 Å². The van der Waals surface area contributed by atoms with Crippen LogP contribution in [0.1, 0.15) is 31.9 Å². The SMILES string of the molecule is CC(C)(C)NC(=O)CNS(=O)(=O)Cc1ccc(CN)cc1. The van der Waals surface area contributed by atoms with Crippen molar-refractivity contribution in [2.24, 2.45) is 5.73 Å². The van der Waals surface area contributed by atoms with Gasteiger partial charge in [0.15, 0.2) is 0 Å². The molecule has 0 spiro atoms. The maximum Gasteiger partial charge on any atom is 0.235 e. The van der Waals surface area contributed by atoms with Crippen molar-refractivity contribution in [3.63, 3.8) is 0 Å². The molecule has 1 rings (SSSR count). The van der Waals surface area contributed by atoms with E-state index in [0.29, 0.717) is 12.1 Å². The van der Waals surface area contributed by atoms with Gasteiger partial charge in [0.25, 0.3) is 0 Å². The molecule has 0 bridgehead atoms. The minimum Gasteiger partial charge on any atom is -0.350 e. The number of amides is 1. The van der Waals surface area contributed by atoms with Crippen LogP contribution in [0.25, 0.3) is 0 Å². The van der Waals surface area contributed by atoms with E-state index in [-0.39, 0.29) is 23.7 Å². The van der Waals surface area contributed by atoms with Gasteiger partial charge in [0.05, 0.1) is 12.3 Å². The molecule has 0 aliphatic heterocycles. The van der Waals surface area contributed by atoms with E-state index in [4.69, 9.17) is 5.73 Å². The first-order valence-corrected chi connectivity index (χ1v) is 8.33. The van der Waals surface area contributed by atoms with Crippen LogP contribution >= 0.6 is 0 Å². The molecule has 118 valence electrons.